The third-order valence-electron chi connectivity index (χ3n) is 3.75. The normalized spacial score (nSPS) is 11.9. The maximum Gasteiger partial charge on any atom is 0.500 e. The minimum absolute atomic E-state index is 0.0433. The van der Waals surface area contributed by atoms with E-state index in [0.717, 1.165) is 31.4 Å². The zero-order chi connectivity index (χ0) is 17.3. The quantitative estimate of drug-likeness (QED) is 0.435. The highest BCUT2D eigenvalue weighted by molar-refractivity contribution is 6.60. The molecule has 1 rings (SSSR count). The fourth-order valence-corrected chi connectivity index (χ4v) is 4.58. The number of unbranched alkanes of at least 4 members (excludes halogenated alkanes) is 3. The Morgan fingerprint density at radius 1 is 0.913 bits per heavy atom. The molecule has 0 N–H and O–H groups in total. The van der Waals surface area contributed by atoms with Gasteiger partial charge in [0.25, 0.3) is 0 Å². The summed E-state index contributed by atoms with van der Waals surface area (Å²) < 4.78 is 56.2. The van der Waals surface area contributed by atoms with Crippen LogP contribution in [0.15, 0.2) is 12.1 Å². The maximum atomic E-state index is 13.5. The summed E-state index contributed by atoms with van der Waals surface area (Å²) in [6.07, 6.45) is 3.48. The van der Waals surface area contributed by atoms with E-state index in [4.69, 9.17) is 13.3 Å². The highest BCUT2D eigenvalue weighted by Gasteiger charge is 2.37. The van der Waals surface area contributed by atoms with Crippen molar-refractivity contribution in [2.75, 3.05) is 20.8 Å². The van der Waals surface area contributed by atoms with Gasteiger partial charge in [0.2, 0.25) is 0 Å². The molecular weight excluding hydrogens is 325 g/mol. The first-order valence-corrected chi connectivity index (χ1v) is 9.79. The molecule has 0 saturated heterocycles. The van der Waals surface area contributed by atoms with Crippen LogP contribution in [0.3, 0.4) is 0 Å². The minimum Gasteiger partial charge on any atom is -0.377 e. The second-order valence-electron chi connectivity index (χ2n) is 5.29. The third kappa shape index (κ3) is 6.25. The second-order valence-corrected chi connectivity index (χ2v) is 8.26. The monoisotopic (exact) mass is 350 g/mol. The van der Waals surface area contributed by atoms with Crippen LogP contribution in [-0.2, 0) is 19.7 Å². The Balaban J connectivity index is 2.33. The number of halogens is 3. The van der Waals surface area contributed by atoms with Crippen LogP contribution in [-0.4, -0.2) is 29.6 Å². The Morgan fingerprint density at radius 3 is 2.00 bits per heavy atom. The highest BCUT2D eigenvalue weighted by Crippen LogP contribution is 2.20. The van der Waals surface area contributed by atoms with E-state index in [1.165, 1.54) is 0 Å². The second kappa shape index (κ2) is 10.1. The molecule has 0 spiro atoms. The molecule has 3 nitrogen and oxygen atoms in total. The summed E-state index contributed by atoms with van der Waals surface area (Å²) in [6.45, 7) is 2.43. The molecule has 0 aliphatic carbocycles. The molecule has 132 valence electrons. The lowest BCUT2D eigenvalue weighted by atomic mass is 10.1. The SMILES string of the molecule is CCO[Si](CCCCCCc1c(F)cc(F)cc1F)(OC)OC. The lowest BCUT2D eigenvalue weighted by molar-refractivity contribution is 0.103. The Kier molecular flexibility index (Phi) is 8.83. The summed E-state index contributed by atoms with van der Waals surface area (Å²) in [4.78, 5) is 0. The molecule has 0 bridgehead atoms. The molecule has 0 atom stereocenters. The molecule has 7 heteroatoms. The number of benzene rings is 1. The van der Waals surface area contributed by atoms with Crippen LogP contribution in [0.5, 0.6) is 0 Å². The van der Waals surface area contributed by atoms with E-state index in [2.05, 4.69) is 0 Å². The van der Waals surface area contributed by atoms with Crippen LogP contribution >= 0.6 is 0 Å². The summed E-state index contributed by atoms with van der Waals surface area (Å²) in [5.41, 5.74) is -0.0433. The van der Waals surface area contributed by atoms with Gasteiger partial charge in [0.05, 0.1) is 0 Å². The Hall–Kier alpha value is -0.893. The van der Waals surface area contributed by atoms with Crippen molar-refractivity contribution in [2.24, 2.45) is 0 Å². The predicted molar refractivity (Wildman–Crippen MR) is 84.7 cm³/mol. The largest absolute Gasteiger partial charge is 0.500 e. The van der Waals surface area contributed by atoms with Crippen LogP contribution in [0.4, 0.5) is 13.2 Å². The topological polar surface area (TPSA) is 27.7 Å². The fraction of sp³-hybridized carbons (Fsp3) is 0.625. The van der Waals surface area contributed by atoms with Crippen molar-refractivity contribution >= 4 is 8.80 Å². The van der Waals surface area contributed by atoms with Gasteiger partial charge in [0.15, 0.2) is 0 Å². The summed E-state index contributed by atoms with van der Waals surface area (Å²) in [5, 5.41) is 0. The fourth-order valence-electron chi connectivity index (χ4n) is 2.51. The average Bonchev–Trinajstić information content (AvgIpc) is 2.51. The van der Waals surface area contributed by atoms with Crippen molar-refractivity contribution < 1.29 is 26.4 Å². The van der Waals surface area contributed by atoms with Gasteiger partial charge in [-0.2, -0.15) is 0 Å². The smallest absolute Gasteiger partial charge is 0.377 e. The molecule has 0 unspecified atom stereocenters. The molecular formula is C16H25F3O3Si. The molecule has 0 heterocycles. The molecule has 0 radical (unpaired) electrons. The van der Waals surface area contributed by atoms with E-state index >= 15 is 0 Å². The summed E-state index contributed by atoms with van der Waals surface area (Å²) in [6, 6.07) is 2.16. The van der Waals surface area contributed by atoms with Crippen molar-refractivity contribution in [3.63, 3.8) is 0 Å². The van der Waals surface area contributed by atoms with E-state index in [1.807, 2.05) is 6.92 Å². The van der Waals surface area contributed by atoms with Gasteiger partial charge in [-0.05, 0) is 26.2 Å². The lowest BCUT2D eigenvalue weighted by Crippen LogP contribution is -2.43. The molecule has 0 aliphatic heterocycles. The predicted octanol–water partition coefficient (Wildman–Crippen LogP) is 4.48. The highest BCUT2D eigenvalue weighted by atomic mass is 28.4. The van der Waals surface area contributed by atoms with E-state index in [-0.39, 0.29) is 12.0 Å². The summed E-state index contributed by atoms with van der Waals surface area (Å²) in [7, 11) is 0.624. The van der Waals surface area contributed by atoms with Crippen molar-refractivity contribution in [1.29, 1.82) is 0 Å². The Bertz CT molecular complexity index is 459. The standard InChI is InChI=1S/C16H25F3O3Si/c1-4-22-23(20-2,21-3)10-8-6-5-7-9-14-15(18)11-13(17)12-16(14)19/h11-12H,4-10H2,1-3H3. The summed E-state index contributed by atoms with van der Waals surface area (Å²) >= 11 is 0. The summed E-state index contributed by atoms with van der Waals surface area (Å²) in [5.74, 6) is -2.52. The van der Waals surface area contributed by atoms with Gasteiger partial charge < -0.3 is 13.3 Å². The van der Waals surface area contributed by atoms with Crippen LogP contribution in [0.2, 0.25) is 6.04 Å². The molecule has 1 aromatic carbocycles. The first kappa shape index (κ1) is 20.2. The zero-order valence-electron chi connectivity index (χ0n) is 14.0. The molecule has 1 aromatic rings. The zero-order valence-corrected chi connectivity index (χ0v) is 15.0. The third-order valence-corrected chi connectivity index (χ3v) is 6.69. The van der Waals surface area contributed by atoms with Crippen LogP contribution in [0.1, 0.15) is 38.2 Å². The van der Waals surface area contributed by atoms with Gasteiger partial charge in [-0.3, -0.25) is 0 Å². The van der Waals surface area contributed by atoms with Crippen LogP contribution in [0, 0.1) is 17.5 Å². The van der Waals surface area contributed by atoms with Crippen LogP contribution in [0.25, 0.3) is 0 Å². The lowest BCUT2D eigenvalue weighted by Gasteiger charge is -2.25. The van der Waals surface area contributed by atoms with Crippen molar-refractivity contribution in [3.05, 3.63) is 35.1 Å². The molecule has 23 heavy (non-hydrogen) atoms. The van der Waals surface area contributed by atoms with E-state index in [0.29, 0.717) is 19.1 Å². The van der Waals surface area contributed by atoms with E-state index in [1.54, 1.807) is 14.2 Å². The minimum atomic E-state index is -2.55. The molecule has 0 aliphatic rings. The average molecular weight is 350 g/mol. The van der Waals surface area contributed by atoms with Crippen molar-refractivity contribution in [3.8, 4) is 0 Å². The van der Waals surface area contributed by atoms with Crippen LogP contribution < -0.4 is 0 Å². The Morgan fingerprint density at radius 2 is 1.48 bits per heavy atom. The van der Waals surface area contributed by atoms with E-state index in [9.17, 15) is 13.2 Å². The first-order chi connectivity index (χ1) is 11.0. The number of hydrogen-bond donors (Lipinski definition) is 0. The van der Waals surface area contributed by atoms with Gasteiger partial charge in [-0.15, -0.1) is 0 Å². The molecule has 0 saturated carbocycles. The van der Waals surface area contributed by atoms with Gasteiger partial charge in [0.1, 0.15) is 17.5 Å². The van der Waals surface area contributed by atoms with Gasteiger partial charge in [-0.1, -0.05) is 12.8 Å². The van der Waals surface area contributed by atoms with Crippen molar-refractivity contribution in [1.82, 2.24) is 0 Å². The van der Waals surface area contributed by atoms with E-state index < -0.39 is 26.3 Å². The Labute approximate surface area is 137 Å². The molecule has 0 fully saturated rings. The van der Waals surface area contributed by atoms with Crippen molar-refractivity contribution in [2.45, 2.75) is 45.1 Å². The maximum absolute atomic E-state index is 13.5. The molecule has 0 amide bonds. The number of hydrogen-bond acceptors (Lipinski definition) is 3. The number of rotatable bonds is 11. The van der Waals surface area contributed by atoms with Gasteiger partial charge in [-0.25, -0.2) is 13.2 Å². The first-order valence-electron chi connectivity index (χ1n) is 7.85. The van der Waals surface area contributed by atoms with Gasteiger partial charge in [0, 0.05) is 44.6 Å². The molecule has 0 aromatic heterocycles. The van der Waals surface area contributed by atoms with Gasteiger partial charge >= 0.3 is 8.80 Å².